The van der Waals surface area contributed by atoms with Gasteiger partial charge in [-0.25, -0.2) is 5.10 Å². The van der Waals surface area contributed by atoms with Crippen molar-refractivity contribution < 1.29 is 4.74 Å². The quantitative estimate of drug-likeness (QED) is 0.569. The van der Waals surface area contributed by atoms with Crippen LogP contribution in [0.15, 0.2) is 46.9 Å². The lowest BCUT2D eigenvalue weighted by molar-refractivity contribution is 0.340. The Hall–Kier alpha value is -2.25. The van der Waals surface area contributed by atoms with Gasteiger partial charge in [-0.1, -0.05) is 6.07 Å². The molecule has 0 spiro atoms. The number of hydrogen-bond acceptors (Lipinski definition) is 5. The summed E-state index contributed by atoms with van der Waals surface area (Å²) >= 11 is 6.86. The Morgan fingerprint density at radius 3 is 2.86 bits per heavy atom. The first kappa shape index (κ1) is 14.7. The highest BCUT2D eigenvalue weighted by Gasteiger charge is 2.08. The van der Waals surface area contributed by atoms with Gasteiger partial charge in [0.2, 0.25) is 4.77 Å². The molecule has 112 valence electrons. The molecule has 0 bridgehead atoms. The highest BCUT2D eigenvalue weighted by molar-refractivity contribution is 7.71. The van der Waals surface area contributed by atoms with Crippen molar-refractivity contribution in [2.75, 3.05) is 6.61 Å². The van der Waals surface area contributed by atoms with Crippen LogP contribution in [0.1, 0.15) is 11.8 Å². The van der Waals surface area contributed by atoms with Gasteiger partial charge in [-0.15, -0.1) is 11.3 Å². The summed E-state index contributed by atoms with van der Waals surface area (Å²) in [4.78, 5) is 1.06. The normalized spacial score (nSPS) is 11.1. The standard InChI is InChI=1S/C15H14N4OS2/c1-2-20-12-7-5-11(6-8-12)14-17-18-15(21)19(14)16-10-13-4-3-9-22-13/h3-10H,2H2,1H3,(H,18,21)/b16-10+. The van der Waals surface area contributed by atoms with E-state index in [-0.39, 0.29) is 0 Å². The van der Waals surface area contributed by atoms with E-state index >= 15 is 0 Å². The molecule has 0 radical (unpaired) electrons. The van der Waals surface area contributed by atoms with Gasteiger partial charge in [0.05, 0.1) is 12.8 Å². The number of nitrogens with one attached hydrogen (secondary N) is 1. The molecule has 0 aliphatic rings. The van der Waals surface area contributed by atoms with Gasteiger partial charge in [0.15, 0.2) is 5.82 Å². The summed E-state index contributed by atoms with van der Waals surface area (Å²) in [5.41, 5.74) is 0.916. The number of benzene rings is 1. The van der Waals surface area contributed by atoms with Crippen LogP contribution in [0.3, 0.4) is 0 Å². The van der Waals surface area contributed by atoms with E-state index in [1.807, 2.05) is 48.7 Å². The van der Waals surface area contributed by atoms with Gasteiger partial charge in [-0.2, -0.15) is 14.9 Å². The van der Waals surface area contributed by atoms with Crippen LogP contribution in [0.4, 0.5) is 0 Å². The van der Waals surface area contributed by atoms with E-state index in [1.54, 1.807) is 22.2 Å². The van der Waals surface area contributed by atoms with Crippen LogP contribution in [0.2, 0.25) is 0 Å². The molecule has 7 heteroatoms. The van der Waals surface area contributed by atoms with Gasteiger partial charge in [0.25, 0.3) is 0 Å². The molecule has 3 rings (SSSR count). The third-order valence-electron chi connectivity index (χ3n) is 2.92. The van der Waals surface area contributed by atoms with Crippen LogP contribution in [-0.4, -0.2) is 27.7 Å². The van der Waals surface area contributed by atoms with E-state index in [0.717, 1.165) is 16.2 Å². The molecule has 0 aliphatic carbocycles. The van der Waals surface area contributed by atoms with Gasteiger partial charge in [0, 0.05) is 10.4 Å². The van der Waals surface area contributed by atoms with Crippen molar-refractivity contribution in [2.24, 2.45) is 5.10 Å². The third kappa shape index (κ3) is 3.15. The lowest BCUT2D eigenvalue weighted by Crippen LogP contribution is -1.95. The van der Waals surface area contributed by atoms with Crippen molar-refractivity contribution in [1.82, 2.24) is 14.9 Å². The Bertz CT molecular complexity index is 816. The van der Waals surface area contributed by atoms with Crippen molar-refractivity contribution in [1.29, 1.82) is 0 Å². The number of rotatable bonds is 5. The number of nitrogens with zero attached hydrogens (tertiary/aromatic N) is 3. The minimum absolute atomic E-state index is 0.455. The number of aromatic nitrogens is 3. The van der Waals surface area contributed by atoms with Gasteiger partial charge in [-0.3, -0.25) is 0 Å². The summed E-state index contributed by atoms with van der Waals surface area (Å²) in [6.45, 7) is 2.60. The maximum absolute atomic E-state index is 5.44. The molecule has 0 fully saturated rings. The molecule has 22 heavy (non-hydrogen) atoms. The molecule has 0 amide bonds. The van der Waals surface area contributed by atoms with Crippen LogP contribution < -0.4 is 4.74 Å². The molecule has 0 unspecified atom stereocenters. The molecule has 0 atom stereocenters. The first-order valence-electron chi connectivity index (χ1n) is 6.76. The van der Waals surface area contributed by atoms with Crippen molar-refractivity contribution >= 4 is 29.8 Å². The molecule has 2 heterocycles. The monoisotopic (exact) mass is 330 g/mol. The van der Waals surface area contributed by atoms with Crippen molar-refractivity contribution in [2.45, 2.75) is 6.92 Å². The molecular formula is C15H14N4OS2. The van der Waals surface area contributed by atoms with E-state index in [9.17, 15) is 0 Å². The summed E-state index contributed by atoms with van der Waals surface area (Å²) < 4.78 is 7.52. The molecule has 1 N–H and O–H groups in total. The Morgan fingerprint density at radius 1 is 1.36 bits per heavy atom. The molecule has 5 nitrogen and oxygen atoms in total. The van der Waals surface area contributed by atoms with Gasteiger partial charge < -0.3 is 4.74 Å². The lowest BCUT2D eigenvalue weighted by Gasteiger charge is -2.04. The average molecular weight is 330 g/mol. The molecule has 3 aromatic rings. The smallest absolute Gasteiger partial charge is 0.216 e. The molecule has 0 aliphatic heterocycles. The Labute approximate surface area is 136 Å². The fourth-order valence-electron chi connectivity index (χ4n) is 1.93. The topological polar surface area (TPSA) is 55.2 Å². The fourth-order valence-corrected chi connectivity index (χ4v) is 2.69. The van der Waals surface area contributed by atoms with Crippen molar-refractivity contribution in [3.8, 4) is 17.1 Å². The Balaban J connectivity index is 1.93. The van der Waals surface area contributed by atoms with Gasteiger partial charge in [-0.05, 0) is 54.9 Å². The second kappa shape index (κ2) is 6.67. The van der Waals surface area contributed by atoms with Gasteiger partial charge >= 0.3 is 0 Å². The number of thiophene rings is 1. The number of H-pyrrole nitrogens is 1. The number of aromatic amines is 1. The fraction of sp³-hybridized carbons (Fsp3) is 0.133. The number of ether oxygens (including phenoxy) is 1. The van der Waals surface area contributed by atoms with Crippen LogP contribution in [-0.2, 0) is 0 Å². The largest absolute Gasteiger partial charge is 0.494 e. The minimum atomic E-state index is 0.455. The van der Waals surface area contributed by atoms with Crippen LogP contribution >= 0.6 is 23.6 Å². The van der Waals surface area contributed by atoms with E-state index in [1.165, 1.54) is 0 Å². The minimum Gasteiger partial charge on any atom is -0.494 e. The SMILES string of the molecule is CCOc1ccc(-c2n[nH]c(=S)n2/N=C/c2cccs2)cc1. The van der Waals surface area contributed by atoms with E-state index < -0.39 is 0 Å². The Kier molecular flexibility index (Phi) is 4.45. The van der Waals surface area contributed by atoms with Crippen LogP contribution in [0.5, 0.6) is 5.75 Å². The van der Waals surface area contributed by atoms with E-state index in [2.05, 4.69) is 15.3 Å². The zero-order valence-electron chi connectivity index (χ0n) is 11.9. The van der Waals surface area contributed by atoms with Gasteiger partial charge in [0.1, 0.15) is 5.75 Å². The summed E-state index contributed by atoms with van der Waals surface area (Å²) in [7, 11) is 0. The number of hydrogen-bond donors (Lipinski definition) is 1. The highest BCUT2D eigenvalue weighted by atomic mass is 32.1. The molecule has 2 aromatic heterocycles. The molecule has 0 saturated heterocycles. The molecule has 1 aromatic carbocycles. The second-order valence-corrected chi connectivity index (χ2v) is 5.75. The molecular weight excluding hydrogens is 316 g/mol. The van der Waals surface area contributed by atoms with Crippen LogP contribution in [0, 0.1) is 4.77 Å². The summed E-state index contributed by atoms with van der Waals surface area (Å²) in [6.07, 6.45) is 1.77. The van der Waals surface area contributed by atoms with Crippen LogP contribution in [0.25, 0.3) is 11.4 Å². The van der Waals surface area contributed by atoms with Crippen molar-refractivity contribution in [3.63, 3.8) is 0 Å². The zero-order chi connectivity index (χ0) is 15.4. The maximum atomic E-state index is 5.44. The summed E-state index contributed by atoms with van der Waals surface area (Å²) in [5.74, 6) is 1.50. The summed E-state index contributed by atoms with van der Waals surface area (Å²) in [5, 5.41) is 13.5. The Morgan fingerprint density at radius 2 is 2.18 bits per heavy atom. The summed E-state index contributed by atoms with van der Waals surface area (Å²) in [6, 6.07) is 11.7. The predicted octanol–water partition coefficient (Wildman–Crippen LogP) is 3.95. The van der Waals surface area contributed by atoms with E-state index in [4.69, 9.17) is 17.0 Å². The highest BCUT2D eigenvalue weighted by Crippen LogP contribution is 2.21. The molecule has 0 saturated carbocycles. The van der Waals surface area contributed by atoms with E-state index in [0.29, 0.717) is 17.2 Å². The zero-order valence-corrected chi connectivity index (χ0v) is 13.5. The lowest BCUT2D eigenvalue weighted by atomic mass is 10.2. The van der Waals surface area contributed by atoms with Crippen molar-refractivity contribution in [3.05, 3.63) is 51.4 Å². The third-order valence-corrected chi connectivity index (χ3v) is 3.99. The second-order valence-electron chi connectivity index (χ2n) is 4.38. The maximum Gasteiger partial charge on any atom is 0.216 e. The first-order chi connectivity index (χ1) is 10.8. The first-order valence-corrected chi connectivity index (χ1v) is 8.05. The average Bonchev–Trinajstić information content (AvgIpc) is 3.16. The predicted molar refractivity (Wildman–Crippen MR) is 91.3 cm³/mol.